The Balaban J connectivity index is 2.24. The number of nitrogens with zero attached hydrogens (tertiary/aromatic N) is 2. The molecule has 0 bridgehead atoms. The number of aryl methyl sites for hydroxylation is 2. The molecule has 0 atom stereocenters. The fourth-order valence-corrected chi connectivity index (χ4v) is 2.81. The van der Waals surface area contributed by atoms with Crippen molar-refractivity contribution in [2.24, 2.45) is 0 Å². The van der Waals surface area contributed by atoms with Gasteiger partial charge in [-0.15, -0.1) is 0 Å². The summed E-state index contributed by atoms with van der Waals surface area (Å²) in [6.07, 6.45) is 0. The Kier molecular flexibility index (Phi) is 3.52. The zero-order chi connectivity index (χ0) is 15.0. The maximum absolute atomic E-state index is 6.36. The van der Waals surface area contributed by atoms with Gasteiger partial charge in [-0.25, -0.2) is 9.97 Å². The quantitative estimate of drug-likeness (QED) is 0.650. The summed E-state index contributed by atoms with van der Waals surface area (Å²) in [5.41, 5.74) is 4.00. The van der Waals surface area contributed by atoms with Crippen molar-refractivity contribution in [2.45, 2.75) is 13.8 Å². The van der Waals surface area contributed by atoms with Crippen molar-refractivity contribution >= 4 is 22.5 Å². The summed E-state index contributed by atoms with van der Waals surface area (Å²) >= 11 is 6.36. The van der Waals surface area contributed by atoms with Crippen molar-refractivity contribution in [3.63, 3.8) is 0 Å². The Morgan fingerprint density at radius 3 is 2.62 bits per heavy atom. The molecular formula is C17H15ClN2O. The number of benzene rings is 2. The molecule has 1 heterocycles. The van der Waals surface area contributed by atoms with Crippen LogP contribution < -0.4 is 4.74 Å². The number of methoxy groups -OCH3 is 1. The maximum atomic E-state index is 6.36. The van der Waals surface area contributed by atoms with Crippen molar-refractivity contribution in [1.29, 1.82) is 0 Å². The minimum Gasteiger partial charge on any atom is -0.497 e. The fourth-order valence-electron chi connectivity index (χ4n) is 2.48. The largest absolute Gasteiger partial charge is 0.497 e. The van der Waals surface area contributed by atoms with Gasteiger partial charge in [0.2, 0.25) is 0 Å². The lowest BCUT2D eigenvalue weighted by Gasteiger charge is -2.09. The molecule has 3 aromatic rings. The molecule has 0 unspecified atom stereocenters. The summed E-state index contributed by atoms with van der Waals surface area (Å²) < 4.78 is 5.24. The Labute approximate surface area is 128 Å². The molecule has 3 rings (SSSR count). The van der Waals surface area contributed by atoms with Gasteiger partial charge >= 0.3 is 0 Å². The highest BCUT2D eigenvalue weighted by molar-refractivity contribution is 6.34. The molecule has 0 fully saturated rings. The lowest BCUT2D eigenvalue weighted by molar-refractivity contribution is 0.415. The minimum atomic E-state index is 0.482. The van der Waals surface area contributed by atoms with Crippen molar-refractivity contribution in [3.05, 3.63) is 52.7 Å². The van der Waals surface area contributed by atoms with E-state index in [0.717, 1.165) is 33.3 Å². The van der Waals surface area contributed by atoms with Crippen LogP contribution in [-0.2, 0) is 0 Å². The van der Waals surface area contributed by atoms with Gasteiger partial charge in [0, 0.05) is 10.9 Å². The van der Waals surface area contributed by atoms with E-state index in [1.54, 1.807) is 7.11 Å². The van der Waals surface area contributed by atoms with Gasteiger partial charge in [0.1, 0.15) is 10.9 Å². The molecule has 0 aliphatic heterocycles. The third-order valence-corrected chi connectivity index (χ3v) is 3.70. The number of rotatable bonds is 2. The first-order chi connectivity index (χ1) is 10.1. The van der Waals surface area contributed by atoms with Crippen molar-refractivity contribution in [1.82, 2.24) is 9.97 Å². The summed E-state index contributed by atoms with van der Waals surface area (Å²) in [6, 6.07) is 11.8. The third-order valence-electron chi connectivity index (χ3n) is 3.42. The van der Waals surface area contributed by atoms with Crippen LogP contribution in [0.1, 0.15) is 11.1 Å². The number of hydrogen-bond acceptors (Lipinski definition) is 3. The van der Waals surface area contributed by atoms with Crippen LogP contribution >= 0.6 is 11.6 Å². The van der Waals surface area contributed by atoms with Crippen molar-refractivity contribution in [3.8, 4) is 17.1 Å². The topological polar surface area (TPSA) is 35.0 Å². The molecule has 4 heteroatoms. The van der Waals surface area contributed by atoms with E-state index < -0.39 is 0 Å². The van der Waals surface area contributed by atoms with E-state index in [4.69, 9.17) is 16.3 Å². The molecule has 0 spiro atoms. The standard InChI is InChI=1S/C17H15ClN2O/c1-10-7-11(2)15-14(8-10)19-17(20-16(15)18)12-5-4-6-13(9-12)21-3/h4-9H,1-3H3. The summed E-state index contributed by atoms with van der Waals surface area (Å²) in [7, 11) is 1.64. The van der Waals surface area contributed by atoms with Gasteiger partial charge in [-0.2, -0.15) is 0 Å². The van der Waals surface area contributed by atoms with E-state index in [-0.39, 0.29) is 0 Å². The zero-order valence-electron chi connectivity index (χ0n) is 12.1. The Bertz CT molecular complexity index is 830. The predicted octanol–water partition coefficient (Wildman–Crippen LogP) is 4.58. The van der Waals surface area contributed by atoms with Crippen LogP contribution in [0.3, 0.4) is 0 Å². The third kappa shape index (κ3) is 2.57. The smallest absolute Gasteiger partial charge is 0.161 e. The molecule has 0 aliphatic carbocycles. The van der Waals surface area contributed by atoms with Gasteiger partial charge in [0.05, 0.1) is 12.6 Å². The van der Waals surface area contributed by atoms with Gasteiger partial charge in [-0.1, -0.05) is 29.8 Å². The van der Waals surface area contributed by atoms with Gasteiger partial charge in [0.15, 0.2) is 5.82 Å². The summed E-state index contributed by atoms with van der Waals surface area (Å²) in [6.45, 7) is 4.07. The van der Waals surface area contributed by atoms with Crippen LogP contribution in [0.5, 0.6) is 5.75 Å². The van der Waals surface area contributed by atoms with Crippen LogP contribution in [0.25, 0.3) is 22.3 Å². The molecule has 0 radical (unpaired) electrons. The first-order valence-electron chi connectivity index (χ1n) is 6.67. The highest BCUT2D eigenvalue weighted by atomic mass is 35.5. The van der Waals surface area contributed by atoms with Gasteiger partial charge < -0.3 is 4.74 Å². The molecule has 0 amide bonds. The summed E-state index contributed by atoms with van der Waals surface area (Å²) in [5, 5.41) is 1.39. The summed E-state index contributed by atoms with van der Waals surface area (Å²) in [5.74, 6) is 1.38. The Hall–Kier alpha value is -2.13. The molecule has 3 nitrogen and oxygen atoms in total. The average Bonchev–Trinajstić information content (AvgIpc) is 2.46. The molecular weight excluding hydrogens is 284 g/mol. The normalized spacial score (nSPS) is 10.9. The maximum Gasteiger partial charge on any atom is 0.161 e. The van der Waals surface area contributed by atoms with Gasteiger partial charge in [0.25, 0.3) is 0 Å². The van der Waals surface area contributed by atoms with Crippen molar-refractivity contribution < 1.29 is 4.74 Å². The van der Waals surface area contributed by atoms with Crippen molar-refractivity contribution in [2.75, 3.05) is 7.11 Å². The van der Waals surface area contributed by atoms with Crippen LogP contribution in [0.2, 0.25) is 5.15 Å². The van der Waals surface area contributed by atoms with E-state index in [0.29, 0.717) is 11.0 Å². The number of aromatic nitrogens is 2. The fraction of sp³-hybridized carbons (Fsp3) is 0.176. The van der Waals surface area contributed by atoms with Crippen LogP contribution in [-0.4, -0.2) is 17.1 Å². The molecule has 21 heavy (non-hydrogen) atoms. The van der Waals surface area contributed by atoms with Gasteiger partial charge in [-0.05, 0) is 43.2 Å². The van der Waals surface area contributed by atoms with Crippen LogP contribution in [0.15, 0.2) is 36.4 Å². The van der Waals surface area contributed by atoms with Gasteiger partial charge in [-0.3, -0.25) is 0 Å². The van der Waals surface area contributed by atoms with E-state index in [1.165, 1.54) is 0 Å². The SMILES string of the molecule is COc1cccc(-c2nc(Cl)c3c(C)cc(C)cc3n2)c1. The first kappa shape index (κ1) is 13.8. The molecule has 106 valence electrons. The molecule has 2 aromatic carbocycles. The number of ether oxygens (including phenoxy) is 1. The lowest BCUT2D eigenvalue weighted by Crippen LogP contribution is -1.95. The number of halogens is 1. The van der Waals surface area contributed by atoms with E-state index in [2.05, 4.69) is 16.0 Å². The molecule has 0 aliphatic rings. The monoisotopic (exact) mass is 298 g/mol. The van der Waals surface area contributed by atoms with E-state index in [1.807, 2.05) is 44.2 Å². The predicted molar refractivity (Wildman–Crippen MR) is 86.0 cm³/mol. The molecule has 0 saturated carbocycles. The minimum absolute atomic E-state index is 0.482. The van der Waals surface area contributed by atoms with E-state index >= 15 is 0 Å². The second kappa shape index (κ2) is 5.34. The highest BCUT2D eigenvalue weighted by Crippen LogP contribution is 2.29. The van der Waals surface area contributed by atoms with E-state index in [9.17, 15) is 0 Å². The highest BCUT2D eigenvalue weighted by Gasteiger charge is 2.11. The second-order valence-electron chi connectivity index (χ2n) is 5.05. The Morgan fingerprint density at radius 1 is 1.05 bits per heavy atom. The first-order valence-corrected chi connectivity index (χ1v) is 7.05. The zero-order valence-corrected chi connectivity index (χ0v) is 12.9. The molecule has 0 saturated heterocycles. The summed E-state index contributed by atoms with van der Waals surface area (Å²) in [4.78, 5) is 9.09. The molecule has 1 aromatic heterocycles. The van der Waals surface area contributed by atoms with Crippen LogP contribution in [0, 0.1) is 13.8 Å². The average molecular weight is 299 g/mol. The Morgan fingerprint density at radius 2 is 1.86 bits per heavy atom. The lowest BCUT2D eigenvalue weighted by atomic mass is 10.1. The van der Waals surface area contributed by atoms with Crippen LogP contribution in [0.4, 0.5) is 0 Å². The number of fused-ring (bicyclic) bond motifs is 1. The second-order valence-corrected chi connectivity index (χ2v) is 5.40. The number of hydrogen-bond donors (Lipinski definition) is 0. The molecule has 0 N–H and O–H groups in total.